The Bertz CT molecular complexity index is 1720. The number of fused-ring (bicyclic) bond motifs is 1. The monoisotopic (exact) mass is 586 g/mol. The number of aliphatic hydroxyl groups is 1. The summed E-state index contributed by atoms with van der Waals surface area (Å²) in [4.78, 5) is 2.35. The molecule has 0 aromatic heterocycles. The van der Waals surface area contributed by atoms with Gasteiger partial charge in [-0.3, -0.25) is 4.90 Å². The Kier molecular flexibility index (Phi) is 8.97. The van der Waals surface area contributed by atoms with Crippen LogP contribution in [0.2, 0.25) is 0 Å². The maximum Gasteiger partial charge on any atom is 0.161 e. The van der Waals surface area contributed by atoms with Crippen molar-refractivity contribution in [3.63, 3.8) is 0 Å². The van der Waals surface area contributed by atoms with Crippen molar-refractivity contribution in [2.24, 2.45) is 0 Å². The van der Waals surface area contributed by atoms with E-state index in [9.17, 15) is 10.4 Å². The average molecular weight is 587 g/mol. The molecule has 44 heavy (non-hydrogen) atoms. The lowest BCUT2D eigenvalue weighted by Gasteiger charge is -2.25. The van der Waals surface area contributed by atoms with Gasteiger partial charge in [-0.2, -0.15) is 5.26 Å². The van der Waals surface area contributed by atoms with E-state index in [2.05, 4.69) is 79.4 Å². The van der Waals surface area contributed by atoms with Crippen molar-refractivity contribution in [2.75, 3.05) is 26.4 Å². The van der Waals surface area contributed by atoms with E-state index in [1.165, 1.54) is 5.56 Å². The molecule has 4 aromatic rings. The molecule has 6 nitrogen and oxygen atoms in total. The number of likely N-dealkylation sites (tertiary alicyclic amines) is 1. The highest BCUT2D eigenvalue weighted by atomic mass is 16.6. The Labute approximate surface area is 259 Å². The molecule has 2 aliphatic heterocycles. The largest absolute Gasteiger partial charge is 0.489 e. The smallest absolute Gasteiger partial charge is 0.161 e. The van der Waals surface area contributed by atoms with Gasteiger partial charge in [-0.25, -0.2) is 0 Å². The predicted molar refractivity (Wildman–Crippen MR) is 174 cm³/mol. The first-order chi connectivity index (χ1) is 21.5. The van der Waals surface area contributed by atoms with Crippen LogP contribution in [0, 0.1) is 25.2 Å². The van der Waals surface area contributed by atoms with Crippen molar-refractivity contribution < 1.29 is 19.3 Å². The molecule has 0 bridgehead atoms. The highest BCUT2D eigenvalue weighted by molar-refractivity contribution is 5.78. The molecule has 6 heteroatoms. The first-order valence-electron chi connectivity index (χ1n) is 15.3. The summed E-state index contributed by atoms with van der Waals surface area (Å²) in [5, 5.41) is 19.3. The Hall–Kier alpha value is -4.57. The Morgan fingerprint density at radius 3 is 2.66 bits per heavy atom. The summed E-state index contributed by atoms with van der Waals surface area (Å²) in [6.45, 7) is 7.66. The van der Waals surface area contributed by atoms with E-state index in [1.54, 1.807) is 6.07 Å². The standard InChI is InChI=1S/C38H38N2O4/c1-26-18-28(11-12-31-8-4-10-34(27(31)2)32-13-14-36-38(21-32)43-17-16-42-36)20-37(35(26)23-40-15-5-9-33(40)24-41)44-25-30-7-3-6-29(19-30)22-39/h3-4,6-8,10-14,18-21,33,41H,5,9,15-17,23-25H2,1-2H3. The van der Waals surface area contributed by atoms with Crippen LogP contribution >= 0.6 is 0 Å². The molecule has 6 rings (SSSR count). The van der Waals surface area contributed by atoms with Crippen LogP contribution in [0.4, 0.5) is 0 Å². The van der Waals surface area contributed by atoms with Crippen LogP contribution in [0.1, 0.15) is 51.8 Å². The zero-order valence-corrected chi connectivity index (χ0v) is 25.4. The minimum atomic E-state index is 0.168. The van der Waals surface area contributed by atoms with Crippen LogP contribution in [0.15, 0.2) is 72.8 Å². The van der Waals surface area contributed by atoms with Crippen LogP contribution in [-0.4, -0.2) is 42.4 Å². The van der Waals surface area contributed by atoms with Gasteiger partial charge in [0.2, 0.25) is 0 Å². The molecule has 0 radical (unpaired) electrons. The third-order valence-electron chi connectivity index (χ3n) is 8.66. The molecule has 0 spiro atoms. The Morgan fingerprint density at radius 1 is 0.977 bits per heavy atom. The second-order valence-corrected chi connectivity index (χ2v) is 11.6. The second kappa shape index (κ2) is 13.4. The van der Waals surface area contributed by atoms with E-state index in [4.69, 9.17) is 14.2 Å². The number of hydrogen-bond donors (Lipinski definition) is 1. The highest BCUT2D eigenvalue weighted by Crippen LogP contribution is 2.37. The van der Waals surface area contributed by atoms with E-state index >= 15 is 0 Å². The van der Waals surface area contributed by atoms with Crippen molar-refractivity contribution in [3.8, 4) is 34.4 Å². The van der Waals surface area contributed by atoms with E-state index in [0.717, 1.165) is 82.1 Å². The van der Waals surface area contributed by atoms with Gasteiger partial charge in [-0.1, -0.05) is 54.6 Å². The first kappa shape index (κ1) is 29.5. The topological polar surface area (TPSA) is 75.0 Å². The maximum absolute atomic E-state index is 9.92. The molecule has 4 aromatic carbocycles. The van der Waals surface area contributed by atoms with Crippen LogP contribution in [0.3, 0.4) is 0 Å². The third kappa shape index (κ3) is 6.50. The number of rotatable bonds is 9. The lowest BCUT2D eigenvalue weighted by molar-refractivity contribution is 0.151. The normalized spacial score (nSPS) is 16.3. The van der Waals surface area contributed by atoms with Gasteiger partial charge in [0, 0.05) is 18.2 Å². The zero-order valence-electron chi connectivity index (χ0n) is 25.4. The van der Waals surface area contributed by atoms with Crippen molar-refractivity contribution in [1.29, 1.82) is 5.26 Å². The summed E-state index contributed by atoms with van der Waals surface area (Å²) in [5.41, 5.74) is 9.49. The summed E-state index contributed by atoms with van der Waals surface area (Å²) < 4.78 is 18.0. The summed E-state index contributed by atoms with van der Waals surface area (Å²) in [6.07, 6.45) is 6.40. The van der Waals surface area contributed by atoms with Gasteiger partial charge in [-0.15, -0.1) is 0 Å². The second-order valence-electron chi connectivity index (χ2n) is 11.6. The minimum Gasteiger partial charge on any atom is -0.489 e. The number of hydrogen-bond acceptors (Lipinski definition) is 6. The fourth-order valence-electron chi connectivity index (χ4n) is 6.19. The molecule has 224 valence electrons. The lowest BCUT2D eigenvalue weighted by Crippen LogP contribution is -2.32. The molecular formula is C38H38N2O4. The van der Waals surface area contributed by atoms with E-state index in [0.29, 0.717) is 25.4 Å². The zero-order chi connectivity index (χ0) is 30.5. The summed E-state index contributed by atoms with van der Waals surface area (Å²) in [6, 6.07) is 26.7. The molecule has 1 unspecified atom stereocenters. The van der Waals surface area contributed by atoms with Gasteiger partial charge < -0.3 is 19.3 Å². The van der Waals surface area contributed by atoms with Gasteiger partial charge in [-0.05, 0) is 103 Å². The molecule has 2 heterocycles. The molecule has 1 N–H and O–H groups in total. The van der Waals surface area contributed by atoms with Gasteiger partial charge in [0.05, 0.1) is 18.2 Å². The number of aryl methyl sites for hydroxylation is 1. The number of nitrogens with zero attached hydrogens (tertiary/aromatic N) is 2. The maximum atomic E-state index is 9.92. The Morgan fingerprint density at radius 2 is 1.82 bits per heavy atom. The quantitative estimate of drug-likeness (QED) is 0.207. The molecular weight excluding hydrogens is 548 g/mol. The van der Waals surface area contributed by atoms with Gasteiger partial charge >= 0.3 is 0 Å². The molecule has 1 fully saturated rings. The van der Waals surface area contributed by atoms with Gasteiger partial charge in [0.1, 0.15) is 25.6 Å². The summed E-state index contributed by atoms with van der Waals surface area (Å²) in [7, 11) is 0. The molecule has 0 amide bonds. The number of nitriles is 1. The van der Waals surface area contributed by atoms with Gasteiger partial charge in [0.15, 0.2) is 11.5 Å². The van der Waals surface area contributed by atoms with E-state index < -0.39 is 0 Å². The van der Waals surface area contributed by atoms with Crippen molar-refractivity contribution in [3.05, 3.63) is 112 Å². The average Bonchev–Trinajstić information content (AvgIpc) is 3.51. The van der Waals surface area contributed by atoms with Crippen LogP contribution < -0.4 is 14.2 Å². The van der Waals surface area contributed by atoms with Crippen molar-refractivity contribution in [1.82, 2.24) is 4.90 Å². The fraction of sp³-hybridized carbons (Fsp3) is 0.289. The number of ether oxygens (including phenoxy) is 3. The predicted octanol–water partition coefficient (Wildman–Crippen LogP) is 7.32. The van der Waals surface area contributed by atoms with Crippen molar-refractivity contribution >= 4 is 12.2 Å². The van der Waals surface area contributed by atoms with Crippen LogP contribution in [-0.2, 0) is 13.2 Å². The fourth-order valence-corrected chi connectivity index (χ4v) is 6.19. The van der Waals surface area contributed by atoms with Crippen molar-refractivity contribution in [2.45, 2.75) is 45.9 Å². The molecule has 1 atom stereocenters. The van der Waals surface area contributed by atoms with Crippen LogP contribution in [0.5, 0.6) is 17.2 Å². The lowest BCUT2D eigenvalue weighted by atomic mass is 9.95. The Balaban J connectivity index is 1.29. The first-order valence-corrected chi connectivity index (χ1v) is 15.3. The summed E-state index contributed by atoms with van der Waals surface area (Å²) in [5.74, 6) is 2.41. The van der Waals surface area contributed by atoms with E-state index in [1.807, 2.05) is 24.3 Å². The SMILES string of the molecule is Cc1cc(C=Cc2cccc(-c3ccc4c(c3)OCCO4)c2C)cc(OCc2cccc(C#N)c2)c1CN1CCCC1CO. The van der Waals surface area contributed by atoms with Gasteiger partial charge in [0.25, 0.3) is 0 Å². The molecule has 0 aliphatic carbocycles. The number of benzene rings is 4. The molecule has 2 aliphatic rings. The molecule has 0 saturated carbocycles. The van der Waals surface area contributed by atoms with Crippen LogP contribution in [0.25, 0.3) is 23.3 Å². The summed E-state index contributed by atoms with van der Waals surface area (Å²) >= 11 is 0. The molecule has 1 saturated heterocycles. The minimum absolute atomic E-state index is 0.168. The highest BCUT2D eigenvalue weighted by Gasteiger charge is 2.25. The third-order valence-corrected chi connectivity index (χ3v) is 8.66. The van der Waals surface area contributed by atoms with E-state index in [-0.39, 0.29) is 12.6 Å². The number of aliphatic hydroxyl groups excluding tert-OH is 1.